The summed E-state index contributed by atoms with van der Waals surface area (Å²) in [4.78, 5) is 0. The Morgan fingerprint density at radius 2 is 2.20 bits per heavy atom. The van der Waals surface area contributed by atoms with E-state index in [1.165, 1.54) is 11.1 Å². The van der Waals surface area contributed by atoms with Crippen molar-refractivity contribution in [2.24, 2.45) is 0 Å². The summed E-state index contributed by atoms with van der Waals surface area (Å²) in [7, 11) is 0. The number of aliphatic hydroxyl groups excluding tert-OH is 1. The molecule has 0 saturated heterocycles. The first-order chi connectivity index (χ1) is 4.86. The van der Waals surface area contributed by atoms with E-state index >= 15 is 0 Å². The second-order valence-corrected chi connectivity index (χ2v) is 3.56. The van der Waals surface area contributed by atoms with Gasteiger partial charge in [-0.1, -0.05) is 0 Å². The molecule has 2 heteroatoms. The molecule has 0 radical (unpaired) electrons. The third kappa shape index (κ3) is 0.976. The highest BCUT2D eigenvalue weighted by Gasteiger charge is 2.15. The maximum atomic E-state index is 9.28. The lowest BCUT2D eigenvalue weighted by molar-refractivity contribution is 0.159. The molecule has 0 amide bonds. The number of rotatable bonds is 0. The molecule has 2 rings (SSSR count). The Morgan fingerprint density at radius 1 is 1.40 bits per heavy atom. The SMILES string of the molecule is OC1CCc2cscc2C1. The molecule has 54 valence electrons. The van der Waals surface area contributed by atoms with Crippen LogP contribution in [0.25, 0.3) is 0 Å². The molecule has 1 N–H and O–H groups in total. The Hall–Kier alpha value is -0.340. The first-order valence-electron chi connectivity index (χ1n) is 3.58. The van der Waals surface area contributed by atoms with Crippen LogP contribution in [0, 0.1) is 0 Å². The van der Waals surface area contributed by atoms with Gasteiger partial charge >= 0.3 is 0 Å². The highest BCUT2D eigenvalue weighted by Crippen LogP contribution is 2.24. The summed E-state index contributed by atoms with van der Waals surface area (Å²) in [5, 5.41) is 13.6. The summed E-state index contributed by atoms with van der Waals surface area (Å²) in [6.45, 7) is 0. The lowest BCUT2D eigenvalue weighted by Gasteiger charge is -2.16. The molecule has 0 spiro atoms. The topological polar surface area (TPSA) is 20.2 Å². The van der Waals surface area contributed by atoms with E-state index in [0.717, 1.165) is 19.3 Å². The zero-order valence-corrected chi connectivity index (χ0v) is 6.53. The van der Waals surface area contributed by atoms with Crippen molar-refractivity contribution in [3.8, 4) is 0 Å². The van der Waals surface area contributed by atoms with Crippen LogP contribution in [0.15, 0.2) is 10.8 Å². The monoisotopic (exact) mass is 154 g/mol. The molecule has 0 bridgehead atoms. The molecule has 0 aliphatic heterocycles. The van der Waals surface area contributed by atoms with Gasteiger partial charge in [0.2, 0.25) is 0 Å². The lowest BCUT2D eigenvalue weighted by Crippen LogP contribution is -2.16. The van der Waals surface area contributed by atoms with Crippen molar-refractivity contribution in [3.05, 3.63) is 21.9 Å². The van der Waals surface area contributed by atoms with Crippen LogP contribution in [-0.4, -0.2) is 11.2 Å². The van der Waals surface area contributed by atoms with Crippen molar-refractivity contribution < 1.29 is 5.11 Å². The molecular weight excluding hydrogens is 144 g/mol. The molecule has 1 aromatic rings. The van der Waals surface area contributed by atoms with E-state index in [2.05, 4.69) is 10.8 Å². The van der Waals surface area contributed by atoms with Gasteiger partial charge in [-0.25, -0.2) is 0 Å². The van der Waals surface area contributed by atoms with E-state index in [1.807, 2.05) is 0 Å². The minimum absolute atomic E-state index is 0.0814. The molecule has 0 fully saturated rings. The quantitative estimate of drug-likeness (QED) is 0.601. The third-order valence-electron chi connectivity index (χ3n) is 2.04. The van der Waals surface area contributed by atoms with Crippen LogP contribution in [0.5, 0.6) is 0 Å². The van der Waals surface area contributed by atoms with Gasteiger partial charge < -0.3 is 5.11 Å². The Balaban J connectivity index is 2.30. The number of hydrogen-bond donors (Lipinski definition) is 1. The van der Waals surface area contributed by atoms with Gasteiger partial charge in [-0.2, -0.15) is 11.3 Å². The molecular formula is C8H10OS. The minimum atomic E-state index is -0.0814. The van der Waals surface area contributed by atoms with Crippen LogP contribution >= 0.6 is 11.3 Å². The molecule has 0 saturated carbocycles. The average molecular weight is 154 g/mol. The second-order valence-electron chi connectivity index (χ2n) is 2.82. The summed E-state index contributed by atoms with van der Waals surface area (Å²) in [5.41, 5.74) is 2.82. The Morgan fingerprint density at radius 3 is 3.10 bits per heavy atom. The van der Waals surface area contributed by atoms with Gasteiger partial charge in [0.05, 0.1) is 6.10 Å². The van der Waals surface area contributed by atoms with Crippen molar-refractivity contribution in [2.75, 3.05) is 0 Å². The molecule has 1 aromatic heterocycles. The first-order valence-corrected chi connectivity index (χ1v) is 4.52. The minimum Gasteiger partial charge on any atom is -0.393 e. The molecule has 1 unspecified atom stereocenters. The largest absolute Gasteiger partial charge is 0.393 e. The normalized spacial score (nSPS) is 24.3. The molecule has 1 atom stereocenters. The Bertz CT molecular complexity index is 229. The number of fused-ring (bicyclic) bond motifs is 1. The summed E-state index contributed by atoms with van der Waals surface area (Å²) in [5.74, 6) is 0. The number of hydrogen-bond acceptors (Lipinski definition) is 2. The predicted molar refractivity (Wildman–Crippen MR) is 42.4 cm³/mol. The molecule has 10 heavy (non-hydrogen) atoms. The van der Waals surface area contributed by atoms with Gasteiger partial charge in [0.25, 0.3) is 0 Å². The smallest absolute Gasteiger partial charge is 0.0584 e. The van der Waals surface area contributed by atoms with Crippen molar-refractivity contribution in [2.45, 2.75) is 25.4 Å². The van der Waals surface area contributed by atoms with Crippen LogP contribution in [0.3, 0.4) is 0 Å². The molecule has 0 aromatic carbocycles. The van der Waals surface area contributed by atoms with Gasteiger partial charge in [-0.3, -0.25) is 0 Å². The molecule has 1 aliphatic carbocycles. The average Bonchev–Trinajstić information content (AvgIpc) is 2.33. The van der Waals surface area contributed by atoms with Gasteiger partial charge in [-0.15, -0.1) is 0 Å². The summed E-state index contributed by atoms with van der Waals surface area (Å²) in [6, 6.07) is 0. The van der Waals surface area contributed by atoms with E-state index in [-0.39, 0.29) is 6.10 Å². The number of thiophene rings is 1. The number of aryl methyl sites for hydroxylation is 1. The Labute approximate surface area is 64.3 Å². The summed E-state index contributed by atoms with van der Waals surface area (Å²) < 4.78 is 0. The van der Waals surface area contributed by atoms with E-state index in [0.29, 0.717) is 0 Å². The van der Waals surface area contributed by atoms with Gasteiger partial charge in [0.1, 0.15) is 0 Å². The van der Waals surface area contributed by atoms with E-state index in [4.69, 9.17) is 0 Å². The predicted octanol–water partition coefficient (Wildman–Crippen LogP) is 1.60. The number of aliphatic hydroxyl groups is 1. The van der Waals surface area contributed by atoms with Gasteiger partial charge in [0.15, 0.2) is 0 Å². The highest BCUT2D eigenvalue weighted by molar-refractivity contribution is 7.08. The Kier molecular flexibility index (Phi) is 1.51. The van der Waals surface area contributed by atoms with E-state index in [1.54, 1.807) is 11.3 Å². The van der Waals surface area contributed by atoms with Crippen molar-refractivity contribution >= 4 is 11.3 Å². The fraction of sp³-hybridized carbons (Fsp3) is 0.500. The first kappa shape index (κ1) is 6.38. The molecule has 1 aliphatic rings. The van der Waals surface area contributed by atoms with Crippen LogP contribution in [0.2, 0.25) is 0 Å². The maximum absolute atomic E-state index is 9.28. The highest BCUT2D eigenvalue weighted by atomic mass is 32.1. The molecule has 1 heterocycles. The summed E-state index contributed by atoms with van der Waals surface area (Å²) in [6.07, 6.45) is 2.81. The van der Waals surface area contributed by atoms with Crippen molar-refractivity contribution in [1.29, 1.82) is 0 Å². The standard InChI is InChI=1S/C8H10OS/c9-8-2-1-6-4-10-5-7(6)3-8/h4-5,8-9H,1-3H2. The third-order valence-corrected chi connectivity index (χ3v) is 2.88. The second kappa shape index (κ2) is 2.36. The van der Waals surface area contributed by atoms with Crippen LogP contribution in [-0.2, 0) is 12.8 Å². The fourth-order valence-corrected chi connectivity index (χ4v) is 2.34. The van der Waals surface area contributed by atoms with Crippen molar-refractivity contribution in [3.63, 3.8) is 0 Å². The van der Waals surface area contributed by atoms with Crippen LogP contribution in [0.4, 0.5) is 0 Å². The zero-order chi connectivity index (χ0) is 6.97. The van der Waals surface area contributed by atoms with Crippen molar-refractivity contribution in [1.82, 2.24) is 0 Å². The molecule has 1 nitrogen and oxygen atoms in total. The van der Waals surface area contributed by atoms with Crippen LogP contribution in [0.1, 0.15) is 17.5 Å². The van der Waals surface area contributed by atoms with Gasteiger partial charge in [-0.05, 0) is 41.1 Å². The fourth-order valence-electron chi connectivity index (χ4n) is 1.43. The maximum Gasteiger partial charge on any atom is 0.0584 e. The van der Waals surface area contributed by atoms with E-state index in [9.17, 15) is 5.11 Å². The zero-order valence-electron chi connectivity index (χ0n) is 5.71. The lowest BCUT2D eigenvalue weighted by atomic mass is 9.94. The van der Waals surface area contributed by atoms with Gasteiger partial charge in [0, 0.05) is 0 Å². The van der Waals surface area contributed by atoms with Crippen LogP contribution < -0.4 is 0 Å². The summed E-state index contributed by atoms with van der Waals surface area (Å²) >= 11 is 1.75. The van der Waals surface area contributed by atoms with E-state index < -0.39 is 0 Å².